The standard InChI is InChI=1S/C16H22ClNO3/c1-10-7-12(17)5-6-13(10)14(19)18-9-11(15(20)21)8-16(2,3)4/h5-7,11H,8-9H2,1-4H3,(H,18,19)(H,20,21). The summed E-state index contributed by atoms with van der Waals surface area (Å²) >= 11 is 5.85. The molecule has 1 rings (SSSR count). The lowest BCUT2D eigenvalue weighted by Crippen LogP contribution is -2.35. The van der Waals surface area contributed by atoms with Crippen LogP contribution >= 0.6 is 11.6 Å². The van der Waals surface area contributed by atoms with Gasteiger partial charge in [0.05, 0.1) is 5.92 Å². The molecule has 1 aromatic carbocycles. The number of carbonyl (C=O) groups excluding carboxylic acids is 1. The van der Waals surface area contributed by atoms with Crippen molar-refractivity contribution in [2.45, 2.75) is 34.1 Å². The molecule has 0 heterocycles. The molecule has 0 aliphatic rings. The van der Waals surface area contributed by atoms with Crippen LogP contribution in [0.1, 0.15) is 43.1 Å². The van der Waals surface area contributed by atoms with Gasteiger partial charge >= 0.3 is 5.97 Å². The van der Waals surface area contributed by atoms with Gasteiger partial charge in [-0.1, -0.05) is 32.4 Å². The fraction of sp³-hybridized carbons (Fsp3) is 0.500. The molecule has 1 atom stereocenters. The molecule has 0 aromatic heterocycles. The second kappa shape index (κ2) is 6.94. The quantitative estimate of drug-likeness (QED) is 0.874. The molecule has 1 amide bonds. The molecular weight excluding hydrogens is 290 g/mol. The van der Waals surface area contributed by atoms with Gasteiger partial charge in [-0.05, 0) is 42.5 Å². The van der Waals surface area contributed by atoms with Crippen LogP contribution in [0.15, 0.2) is 18.2 Å². The highest BCUT2D eigenvalue weighted by Gasteiger charge is 2.25. The van der Waals surface area contributed by atoms with Gasteiger partial charge in [0.15, 0.2) is 0 Å². The van der Waals surface area contributed by atoms with Crippen LogP contribution < -0.4 is 5.32 Å². The molecule has 1 aromatic rings. The Morgan fingerprint density at radius 1 is 1.33 bits per heavy atom. The fourth-order valence-corrected chi connectivity index (χ4v) is 2.41. The van der Waals surface area contributed by atoms with Crippen LogP contribution in [0.2, 0.25) is 5.02 Å². The number of amides is 1. The molecule has 0 fully saturated rings. The number of hydrogen-bond acceptors (Lipinski definition) is 2. The van der Waals surface area contributed by atoms with Gasteiger partial charge in [-0.2, -0.15) is 0 Å². The molecule has 0 aliphatic carbocycles. The number of carboxylic acids is 1. The molecule has 2 N–H and O–H groups in total. The SMILES string of the molecule is Cc1cc(Cl)ccc1C(=O)NCC(CC(C)(C)C)C(=O)O. The summed E-state index contributed by atoms with van der Waals surface area (Å²) < 4.78 is 0. The van der Waals surface area contributed by atoms with Crippen LogP contribution in [0.5, 0.6) is 0 Å². The van der Waals surface area contributed by atoms with Gasteiger partial charge in [0.1, 0.15) is 0 Å². The molecule has 21 heavy (non-hydrogen) atoms. The lowest BCUT2D eigenvalue weighted by molar-refractivity contribution is -0.142. The van der Waals surface area contributed by atoms with Gasteiger partial charge in [0, 0.05) is 17.1 Å². The first-order chi connectivity index (χ1) is 9.60. The van der Waals surface area contributed by atoms with Gasteiger partial charge in [0.2, 0.25) is 0 Å². The molecule has 5 heteroatoms. The van der Waals surface area contributed by atoms with Crippen LogP contribution in [-0.4, -0.2) is 23.5 Å². The maximum absolute atomic E-state index is 12.1. The number of nitrogens with one attached hydrogen (secondary N) is 1. The van der Waals surface area contributed by atoms with Gasteiger partial charge in [-0.15, -0.1) is 0 Å². The molecule has 0 spiro atoms. The summed E-state index contributed by atoms with van der Waals surface area (Å²) in [6.07, 6.45) is 0.502. The topological polar surface area (TPSA) is 66.4 Å². The minimum atomic E-state index is -0.891. The van der Waals surface area contributed by atoms with Gasteiger partial charge < -0.3 is 10.4 Å². The van der Waals surface area contributed by atoms with E-state index in [1.807, 2.05) is 20.8 Å². The van der Waals surface area contributed by atoms with E-state index in [-0.39, 0.29) is 17.9 Å². The molecule has 0 saturated heterocycles. The van der Waals surface area contributed by atoms with Gasteiger partial charge in [-0.3, -0.25) is 9.59 Å². The Labute approximate surface area is 130 Å². The third kappa shape index (κ3) is 5.76. The number of halogens is 1. The number of rotatable bonds is 5. The molecule has 0 aliphatic heterocycles. The van der Waals surface area contributed by atoms with Gasteiger partial charge in [0.25, 0.3) is 5.91 Å². The third-order valence-corrected chi connectivity index (χ3v) is 3.39. The summed E-state index contributed by atoms with van der Waals surface area (Å²) in [5.74, 6) is -1.76. The summed E-state index contributed by atoms with van der Waals surface area (Å²) in [4.78, 5) is 23.4. The zero-order valence-corrected chi connectivity index (χ0v) is 13.6. The van der Waals surface area contributed by atoms with Gasteiger partial charge in [-0.25, -0.2) is 0 Å². The summed E-state index contributed by atoms with van der Waals surface area (Å²) in [5, 5.41) is 12.5. The van der Waals surface area contributed by atoms with E-state index in [0.29, 0.717) is 17.0 Å². The molecule has 0 radical (unpaired) electrons. The highest BCUT2D eigenvalue weighted by atomic mass is 35.5. The van der Waals surface area contributed by atoms with E-state index < -0.39 is 11.9 Å². The van der Waals surface area contributed by atoms with E-state index in [1.165, 1.54) is 0 Å². The maximum Gasteiger partial charge on any atom is 0.308 e. The minimum absolute atomic E-state index is 0.107. The van der Waals surface area contributed by atoms with E-state index >= 15 is 0 Å². The largest absolute Gasteiger partial charge is 0.481 e. The van der Waals surface area contributed by atoms with Crippen molar-refractivity contribution in [3.05, 3.63) is 34.3 Å². The Morgan fingerprint density at radius 3 is 2.43 bits per heavy atom. The van der Waals surface area contributed by atoms with Crippen LogP contribution in [0.3, 0.4) is 0 Å². The van der Waals surface area contributed by atoms with E-state index in [2.05, 4.69) is 5.32 Å². The zero-order chi connectivity index (χ0) is 16.2. The first-order valence-electron chi connectivity index (χ1n) is 6.87. The summed E-state index contributed by atoms with van der Waals surface area (Å²) in [5.41, 5.74) is 1.17. The molecule has 116 valence electrons. The predicted molar refractivity (Wildman–Crippen MR) is 83.7 cm³/mol. The highest BCUT2D eigenvalue weighted by Crippen LogP contribution is 2.24. The Hall–Kier alpha value is -1.55. The number of carboxylic acid groups (broad SMARTS) is 1. The summed E-state index contributed by atoms with van der Waals surface area (Å²) in [6, 6.07) is 5.00. The number of carbonyl (C=O) groups is 2. The number of benzene rings is 1. The van der Waals surface area contributed by atoms with E-state index in [4.69, 9.17) is 11.6 Å². The van der Waals surface area contributed by atoms with Crippen molar-refractivity contribution in [1.29, 1.82) is 0 Å². The highest BCUT2D eigenvalue weighted by molar-refractivity contribution is 6.30. The van der Waals surface area contributed by atoms with Crippen molar-refractivity contribution in [3.8, 4) is 0 Å². The molecule has 4 nitrogen and oxygen atoms in total. The van der Waals surface area contributed by atoms with E-state index in [0.717, 1.165) is 5.56 Å². The maximum atomic E-state index is 12.1. The van der Waals surface area contributed by atoms with E-state index in [9.17, 15) is 14.7 Å². The Kier molecular flexibility index (Phi) is 5.78. The van der Waals surface area contributed by atoms with Crippen molar-refractivity contribution in [1.82, 2.24) is 5.32 Å². The lowest BCUT2D eigenvalue weighted by atomic mass is 9.84. The second-order valence-corrected chi connectivity index (χ2v) is 6.91. The Balaban J connectivity index is 2.71. The van der Waals surface area contributed by atoms with Crippen molar-refractivity contribution in [2.75, 3.05) is 6.54 Å². The van der Waals surface area contributed by atoms with Crippen LogP contribution in [0.25, 0.3) is 0 Å². The number of hydrogen-bond donors (Lipinski definition) is 2. The van der Waals surface area contributed by atoms with Crippen molar-refractivity contribution >= 4 is 23.5 Å². The number of aryl methyl sites for hydroxylation is 1. The van der Waals surface area contributed by atoms with Crippen LogP contribution in [-0.2, 0) is 4.79 Å². The minimum Gasteiger partial charge on any atom is -0.481 e. The predicted octanol–water partition coefficient (Wildman–Crippen LogP) is 3.52. The molecule has 0 saturated carbocycles. The zero-order valence-electron chi connectivity index (χ0n) is 12.9. The van der Waals surface area contributed by atoms with Crippen LogP contribution in [0.4, 0.5) is 0 Å². The molecule has 0 bridgehead atoms. The Bertz CT molecular complexity index is 535. The summed E-state index contributed by atoms with van der Waals surface area (Å²) in [6.45, 7) is 7.86. The average molecular weight is 312 g/mol. The van der Waals surface area contributed by atoms with Crippen LogP contribution in [0, 0.1) is 18.3 Å². The first kappa shape index (κ1) is 17.5. The molecular formula is C16H22ClNO3. The lowest BCUT2D eigenvalue weighted by Gasteiger charge is -2.23. The smallest absolute Gasteiger partial charge is 0.308 e. The third-order valence-electron chi connectivity index (χ3n) is 3.15. The Morgan fingerprint density at radius 2 is 1.95 bits per heavy atom. The molecule has 1 unspecified atom stereocenters. The fourth-order valence-electron chi connectivity index (χ4n) is 2.18. The second-order valence-electron chi connectivity index (χ2n) is 6.47. The van der Waals surface area contributed by atoms with Crippen molar-refractivity contribution < 1.29 is 14.7 Å². The van der Waals surface area contributed by atoms with Crippen molar-refractivity contribution in [3.63, 3.8) is 0 Å². The normalized spacial score (nSPS) is 12.8. The average Bonchev–Trinajstić information content (AvgIpc) is 2.32. The van der Waals surface area contributed by atoms with Crippen molar-refractivity contribution in [2.24, 2.45) is 11.3 Å². The first-order valence-corrected chi connectivity index (χ1v) is 7.25. The summed E-state index contributed by atoms with van der Waals surface area (Å²) in [7, 11) is 0. The van der Waals surface area contributed by atoms with E-state index in [1.54, 1.807) is 25.1 Å². The number of aliphatic carboxylic acids is 1. The monoisotopic (exact) mass is 311 g/mol.